The molecule has 8 heteroatoms. The van der Waals surface area contributed by atoms with Gasteiger partial charge in [0.15, 0.2) is 5.76 Å². The van der Waals surface area contributed by atoms with Gasteiger partial charge in [0, 0.05) is 32.1 Å². The molecular formula is C21H22N4O4. The highest BCUT2D eigenvalue weighted by Crippen LogP contribution is 2.23. The molecule has 1 aromatic carbocycles. The first-order chi connectivity index (χ1) is 14.1. The normalized spacial score (nSPS) is 16.8. The first-order valence-corrected chi connectivity index (χ1v) is 9.62. The number of likely N-dealkylation sites (N-methyl/N-ethyl adjacent to an activating group) is 1. The molecular weight excluding hydrogens is 372 g/mol. The number of para-hydroxylation sites is 1. The van der Waals surface area contributed by atoms with Gasteiger partial charge in [0.1, 0.15) is 6.04 Å². The monoisotopic (exact) mass is 394 g/mol. The standard InChI is InChI=1S/C21H22N4O4/c1-24(16-9-5-13-25(21(16)27)15-7-3-2-4-8-15)19(26)12-11-18-22-20(23-29-18)17-10-6-14-28-17/h2-4,6-8,10,14,16H,5,9,11-13H2,1H3. The molecule has 0 N–H and O–H groups in total. The third kappa shape index (κ3) is 4.06. The highest BCUT2D eigenvalue weighted by atomic mass is 16.5. The van der Waals surface area contributed by atoms with Crippen molar-refractivity contribution in [2.75, 3.05) is 18.5 Å². The minimum Gasteiger partial charge on any atom is -0.461 e. The van der Waals surface area contributed by atoms with Crippen molar-refractivity contribution in [3.05, 3.63) is 54.6 Å². The summed E-state index contributed by atoms with van der Waals surface area (Å²) in [6.45, 7) is 0.666. The third-order valence-corrected chi connectivity index (χ3v) is 5.10. The van der Waals surface area contributed by atoms with Gasteiger partial charge in [-0.1, -0.05) is 23.4 Å². The van der Waals surface area contributed by atoms with E-state index < -0.39 is 6.04 Å². The number of furan rings is 1. The molecule has 0 bridgehead atoms. The fourth-order valence-corrected chi connectivity index (χ4v) is 3.51. The number of carbonyl (C=O) groups is 2. The highest BCUT2D eigenvalue weighted by molar-refractivity contribution is 5.99. The summed E-state index contributed by atoms with van der Waals surface area (Å²) >= 11 is 0. The first-order valence-electron chi connectivity index (χ1n) is 9.62. The average molecular weight is 394 g/mol. The molecule has 0 aliphatic carbocycles. The van der Waals surface area contributed by atoms with Gasteiger partial charge in [-0.15, -0.1) is 0 Å². The Morgan fingerprint density at radius 2 is 2.07 bits per heavy atom. The van der Waals surface area contributed by atoms with Crippen LogP contribution in [-0.4, -0.2) is 46.5 Å². The van der Waals surface area contributed by atoms with Crippen molar-refractivity contribution in [3.63, 3.8) is 0 Å². The average Bonchev–Trinajstić information content (AvgIpc) is 3.44. The van der Waals surface area contributed by atoms with E-state index in [9.17, 15) is 9.59 Å². The van der Waals surface area contributed by atoms with Gasteiger partial charge in [-0.05, 0) is 37.1 Å². The lowest BCUT2D eigenvalue weighted by Gasteiger charge is -2.36. The first kappa shape index (κ1) is 18.9. The summed E-state index contributed by atoms with van der Waals surface area (Å²) < 4.78 is 10.4. The second kappa shape index (κ2) is 8.30. The Balaban J connectivity index is 1.37. The van der Waals surface area contributed by atoms with Crippen LogP contribution in [0.1, 0.15) is 25.2 Å². The molecule has 0 saturated carbocycles. The lowest BCUT2D eigenvalue weighted by Crippen LogP contribution is -2.53. The molecule has 8 nitrogen and oxygen atoms in total. The summed E-state index contributed by atoms with van der Waals surface area (Å²) in [5.74, 6) is 1.05. The van der Waals surface area contributed by atoms with Crippen LogP contribution in [0.5, 0.6) is 0 Å². The fraction of sp³-hybridized carbons (Fsp3) is 0.333. The Labute approximate surface area is 168 Å². The molecule has 0 spiro atoms. The van der Waals surface area contributed by atoms with Crippen molar-refractivity contribution >= 4 is 17.5 Å². The topological polar surface area (TPSA) is 92.7 Å². The molecule has 4 rings (SSSR count). The Hall–Kier alpha value is -3.42. The second-order valence-electron chi connectivity index (χ2n) is 6.98. The van der Waals surface area contributed by atoms with Crippen LogP contribution in [-0.2, 0) is 16.0 Å². The van der Waals surface area contributed by atoms with E-state index in [1.807, 2.05) is 30.3 Å². The summed E-state index contributed by atoms with van der Waals surface area (Å²) in [6, 6.07) is 12.6. The number of carbonyl (C=O) groups excluding carboxylic acids is 2. The molecule has 3 aromatic rings. The van der Waals surface area contributed by atoms with Crippen LogP contribution in [0.4, 0.5) is 5.69 Å². The van der Waals surface area contributed by atoms with Gasteiger partial charge in [0.2, 0.25) is 23.5 Å². The predicted molar refractivity (Wildman–Crippen MR) is 105 cm³/mol. The molecule has 1 fully saturated rings. The number of hydrogen-bond donors (Lipinski definition) is 0. The Morgan fingerprint density at radius 1 is 1.24 bits per heavy atom. The second-order valence-corrected chi connectivity index (χ2v) is 6.98. The van der Waals surface area contributed by atoms with Gasteiger partial charge in [0.05, 0.1) is 6.26 Å². The number of piperidine rings is 1. The SMILES string of the molecule is CN(C(=O)CCc1nc(-c2ccco2)no1)C1CCCN(c2ccccc2)C1=O. The summed E-state index contributed by atoms with van der Waals surface area (Å²) in [5.41, 5.74) is 0.861. The van der Waals surface area contributed by atoms with Gasteiger partial charge in [-0.25, -0.2) is 0 Å². The minimum atomic E-state index is -0.460. The van der Waals surface area contributed by atoms with Crippen molar-refractivity contribution in [1.29, 1.82) is 0 Å². The number of nitrogens with zero attached hydrogens (tertiary/aromatic N) is 4. The van der Waals surface area contributed by atoms with E-state index in [1.54, 1.807) is 29.0 Å². The van der Waals surface area contributed by atoms with E-state index in [0.717, 1.165) is 12.1 Å². The smallest absolute Gasteiger partial charge is 0.249 e. The zero-order valence-corrected chi connectivity index (χ0v) is 16.2. The number of hydrogen-bond acceptors (Lipinski definition) is 6. The van der Waals surface area contributed by atoms with Gasteiger partial charge in [-0.2, -0.15) is 4.98 Å². The van der Waals surface area contributed by atoms with E-state index in [1.165, 1.54) is 6.26 Å². The van der Waals surface area contributed by atoms with E-state index in [2.05, 4.69) is 10.1 Å². The maximum absolute atomic E-state index is 13.0. The zero-order valence-electron chi connectivity index (χ0n) is 16.2. The number of rotatable bonds is 6. The van der Waals surface area contributed by atoms with Gasteiger partial charge < -0.3 is 18.7 Å². The van der Waals surface area contributed by atoms with Gasteiger partial charge >= 0.3 is 0 Å². The maximum atomic E-state index is 13.0. The quantitative estimate of drug-likeness (QED) is 0.638. The van der Waals surface area contributed by atoms with Crippen molar-refractivity contribution in [2.24, 2.45) is 0 Å². The van der Waals surface area contributed by atoms with E-state index in [0.29, 0.717) is 36.9 Å². The van der Waals surface area contributed by atoms with E-state index in [-0.39, 0.29) is 18.2 Å². The Bertz CT molecular complexity index is 968. The van der Waals surface area contributed by atoms with Crippen LogP contribution in [0.3, 0.4) is 0 Å². The number of aromatic nitrogens is 2. The lowest BCUT2D eigenvalue weighted by molar-refractivity contribution is -0.138. The van der Waals surface area contributed by atoms with Crippen molar-refractivity contribution in [2.45, 2.75) is 31.7 Å². The van der Waals surface area contributed by atoms with E-state index in [4.69, 9.17) is 8.94 Å². The molecule has 1 unspecified atom stereocenters. The molecule has 0 radical (unpaired) electrons. The van der Waals surface area contributed by atoms with E-state index >= 15 is 0 Å². The molecule has 1 saturated heterocycles. The summed E-state index contributed by atoms with van der Waals surface area (Å²) in [5, 5.41) is 3.86. The molecule has 3 heterocycles. The zero-order chi connectivity index (χ0) is 20.2. The Morgan fingerprint density at radius 3 is 2.83 bits per heavy atom. The number of benzene rings is 1. The lowest BCUT2D eigenvalue weighted by atomic mass is 10.0. The molecule has 1 aliphatic rings. The molecule has 2 aromatic heterocycles. The molecule has 150 valence electrons. The number of anilines is 1. The van der Waals surface area contributed by atoms with Crippen LogP contribution in [0.2, 0.25) is 0 Å². The number of aryl methyl sites for hydroxylation is 1. The summed E-state index contributed by atoms with van der Waals surface area (Å²) in [7, 11) is 1.68. The largest absolute Gasteiger partial charge is 0.461 e. The molecule has 1 atom stereocenters. The highest BCUT2D eigenvalue weighted by Gasteiger charge is 2.34. The third-order valence-electron chi connectivity index (χ3n) is 5.10. The van der Waals surface area contributed by atoms with Crippen LogP contribution in [0, 0.1) is 0 Å². The maximum Gasteiger partial charge on any atom is 0.249 e. The van der Waals surface area contributed by atoms with Crippen LogP contribution in [0.15, 0.2) is 57.7 Å². The molecule has 1 aliphatic heterocycles. The summed E-state index contributed by atoms with van der Waals surface area (Å²) in [4.78, 5) is 33.2. The fourth-order valence-electron chi connectivity index (χ4n) is 3.51. The molecule has 2 amide bonds. The summed E-state index contributed by atoms with van der Waals surface area (Å²) in [6.07, 6.45) is 3.53. The Kier molecular flexibility index (Phi) is 5.41. The van der Waals surface area contributed by atoms with Crippen LogP contribution < -0.4 is 4.90 Å². The van der Waals surface area contributed by atoms with Crippen LogP contribution >= 0.6 is 0 Å². The van der Waals surface area contributed by atoms with Crippen LogP contribution in [0.25, 0.3) is 11.6 Å². The van der Waals surface area contributed by atoms with Gasteiger partial charge in [0.25, 0.3) is 0 Å². The van der Waals surface area contributed by atoms with Gasteiger partial charge in [-0.3, -0.25) is 9.59 Å². The van der Waals surface area contributed by atoms with Crippen molar-refractivity contribution in [3.8, 4) is 11.6 Å². The molecule has 29 heavy (non-hydrogen) atoms. The van der Waals surface area contributed by atoms with Crippen molar-refractivity contribution in [1.82, 2.24) is 15.0 Å². The predicted octanol–water partition coefficient (Wildman–Crippen LogP) is 2.92. The van der Waals surface area contributed by atoms with Crippen molar-refractivity contribution < 1.29 is 18.5 Å². The number of amides is 2. The minimum absolute atomic E-state index is 0.0452.